The summed E-state index contributed by atoms with van der Waals surface area (Å²) in [5.41, 5.74) is 7.33. The standard InChI is InChI=1S/C24H21N5O5S2/c25-24(31)34-20(13-16-7-9-26-10-8-16)22(30)27-18(12-15-3-5-17(6-4-15)29(32)33)19-14-36-23(28-19)21-2-1-11-35-21/h1-11,14,18,20H,12-13H2,(H2,25,31)(H,27,30)/t18-,20?/m0/s1. The second-order valence-corrected chi connectivity index (χ2v) is 9.53. The Hall–Kier alpha value is -4.16. The molecule has 0 bridgehead atoms. The summed E-state index contributed by atoms with van der Waals surface area (Å²) in [4.78, 5) is 45.0. The van der Waals surface area contributed by atoms with Crippen molar-refractivity contribution in [3.63, 3.8) is 0 Å². The van der Waals surface area contributed by atoms with Crippen molar-refractivity contribution in [3.05, 3.63) is 98.6 Å². The smallest absolute Gasteiger partial charge is 0.405 e. The number of non-ortho nitro benzene ring substituents is 1. The Morgan fingerprint density at radius 3 is 2.42 bits per heavy atom. The van der Waals surface area contributed by atoms with E-state index in [0.717, 1.165) is 21.0 Å². The minimum atomic E-state index is -1.17. The third-order valence-corrected chi connectivity index (χ3v) is 7.14. The summed E-state index contributed by atoms with van der Waals surface area (Å²) in [6.45, 7) is 0. The molecule has 2 atom stereocenters. The normalized spacial score (nSPS) is 12.4. The SMILES string of the molecule is NC(=O)OC(Cc1ccncc1)C(=O)N[C@@H](Cc1ccc([N+](=O)[O-])cc1)c1csc(-c2cccs2)n1. The van der Waals surface area contributed by atoms with Crippen LogP contribution in [0.3, 0.4) is 0 Å². The second kappa shape index (κ2) is 11.5. The lowest BCUT2D eigenvalue weighted by Crippen LogP contribution is -2.42. The lowest BCUT2D eigenvalue weighted by atomic mass is 10.0. The summed E-state index contributed by atoms with van der Waals surface area (Å²) in [6.07, 6.45) is 1.35. The van der Waals surface area contributed by atoms with Gasteiger partial charge in [-0.25, -0.2) is 9.78 Å². The van der Waals surface area contributed by atoms with Crippen LogP contribution in [0, 0.1) is 10.1 Å². The quantitative estimate of drug-likeness (QED) is 0.233. The minimum absolute atomic E-state index is 0.0275. The average Bonchev–Trinajstić information content (AvgIpc) is 3.56. The van der Waals surface area contributed by atoms with Crippen molar-refractivity contribution >= 4 is 40.4 Å². The molecule has 4 aromatic rings. The molecule has 12 heteroatoms. The van der Waals surface area contributed by atoms with Crippen molar-refractivity contribution in [2.45, 2.75) is 25.0 Å². The maximum absolute atomic E-state index is 13.3. The second-order valence-electron chi connectivity index (χ2n) is 7.73. The molecule has 1 unspecified atom stereocenters. The van der Waals surface area contributed by atoms with E-state index in [1.165, 1.54) is 23.5 Å². The van der Waals surface area contributed by atoms with Gasteiger partial charge in [-0.3, -0.25) is 19.9 Å². The number of thiazole rings is 1. The lowest BCUT2D eigenvalue weighted by molar-refractivity contribution is -0.384. The van der Waals surface area contributed by atoms with Gasteiger partial charge < -0.3 is 15.8 Å². The van der Waals surface area contributed by atoms with Crippen LogP contribution in [-0.4, -0.2) is 33.0 Å². The number of nitrogens with one attached hydrogen (secondary N) is 1. The molecule has 0 aliphatic rings. The van der Waals surface area contributed by atoms with Crippen LogP contribution in [0.4, 0.5) is 10.5 Å². The molecule has 1 aromatic carbocycles. The first-order valence-corrected chi connectivity index (χ1v) is 12.5. The van der Waals surface area contributed by atoms with Gasteiger partial charge in [0.05, 0.1) is 21.5 Å². The van der Waals surface area contributed by atoms with Crippen molar-refractivity contribution in [3.8, 4) is 9.88 Å². The summed E-state index contributed by atoms with van der Waals surface area (Å²) < 4.78 is 5.12. The number of ether oxygens (including phenoxy) is 1. The van der Waals surface area contributed by atoms with Gasteiger partial charge in [-0.05, 0) is 41.1 Å². The average molecular weight is 524 g/mol. The van der Waals surface area contributed by atoms with Crippen molar-refractivity contribution < 1.29 is 19.2 Å². The molecule has 0 radical (unpaired) electrons. The van der Waals surface area contributed by atoms with Crippen LogP contribution in [0.1, 0.15) is 22.9 Å². The molecule has 0 saturated carbocycles. The highest BCUT2D eigenvalue weighted by Crippen LogP contribution is 2.31. The summed E-state index contributed by atoms with van der Waals surface area (Å²) >= 11 is 3.00. The van der Waals surface area contributed by atoms with Gasteiger partial charge in [0.2, 0.25) is 0 Å². The number of carbonyl (C=O) groups is 2. The molecule has 36 heavy (non-hydrogen) atoms. The van der Waals surface area contributed by atoms with Crippen LogP contribution in [0.25, 0.3) is 9.88 Å². The minimum Gasteiger partial charge on any atom is -0.436 e. The number of hydrogen-bond acceptors (Lipinski definition) is 9. The molecule has 2 amide bonds. The topological polar surface area (TPSA) is 150 Å². The maximum atomic E-state index is 13.3. The van der Waals surface area contributed by atoms with Crippen molar-refractivity contribution in [2.24, 2.45) is 5.73 Å². The van der Waals surface area contributed by atoms with Crippen LogP contribution in [0.5, 0.6) is 0 Å². The molecule has 0 fully saturated rings. The first-order chi connectivity index (χ1) is 17.4. The Balaban J connectivity index is 1.59. The van der Waals surface area contributed by atoms with E-state index in [9.17, 15) is 19.7 Å². The van der Waals surface area contributed by atoms with Gasteiger partial charge in [0.25, 0.3) is 11.6 Å². The highest BCUT2D eigenvalue weighted by Gasteiger charge is 2.27. The molecule has 0 aliphatic carbocycles. The third-order valence-electron chi connectivity index (χ3n) is 5.24. The molecular formula is C24H21N5O5S2. The Labute approximate surface area is 213 Å². The Morgan fingerprint density at radius 1 is 1.06 bits per heavy atom. The van der Waals surface area contributed by atoms with Crippen LogP contribution < -0.4 is 11.1 Å². The van der Waals surface area contributed by atoms with E-state index in [1.807, 2.05) is 22.9 Å². The fourth-order valence-electron chi connectivity index (χ4n) is 3.50. The zero-order valence-corrected chi connectivity index (χ0v) is 20.4. The molecule has 0 saturated heterocycles. The summed E-state index contributed by atoms with van der Waals surface area (Å²) in [5, 5.41) is 18.6. The number of amides is 2. The zero-order chi connectivity index (χ0) is 25.5. The van der Waals surface area contributed by atoms with E-state index >= 15 is 0 Å². The number of nitro groups is 1. The summed E-state index contributed by atoms with van der Waals surface area (Å²) in [7, 11) is 0. The Bertz CT molecular complexity index is 1330. The van der Waals surface area contributed by atoms with E-state index < -0.39 is 29.1 Å². The lowest BCUT2D eigenvalue weighted by Gasteiger charge is -2.22. The number of nitro benzene ring substituents is 1. The number of nitrogens with two attached hydrogens (primary N) is 1. The van der Waals surface area contributed by atoms with Crippen molar-refractivity contribution in [2.75, 3.05) is 0 Å². The predicted molar refractivity (Wildman–Crippen MR) is 136 cm³/mol. The van der Waals surface area contributed by atoms with Gasteiger partial charge in [-0.15, -0.1) is 22.7 Å². The number of rotatable bonds is 10. The number of pyridine rings is 1. The Morgan fingerprint density at radius 2 is 1.78 bits per heavy atom. The zero-order valence-electron chi connectivity index (χ0n) is 18.8. The van der Waals surface area contributed by atoms with E-state index in [2.05, 4.69) is 10.3 Å². The number of nitrogens with zero attached hydrogens (tertiary/aromatic N) is 3. The highest BCUT2D eigenvalue weighted by molar-refractivity contribution is 7.20. The fraction of sp³-hybridized carbons (Fsp3) is 0.167. The molecule has 3 heterocycles. The van der Waals surface area contributed by atoms with Gasteiger partial charge in [0, 0.05) is 36.3 Å². The monoisotopic (exact) mass is 523 g/mol. The van der Waals surface area contributed by atoms with Gasteiger partial charge in [0.1, 0.15) is 5.01 Å². The number of primary amides is 1. The molecule has 0 aliphatic heterocycles. The summed E-state index contributed by atoms with van der Waals surface area (Å²) in [6, 6.07) is 12.8. The fourth-order valence-corrected chi connectivity index (χ4v) is 5.19. The molecule has 10 nitrogen and oxygen atoms in total. The molecule has 3 aromatic heterocycles. The van der Waals surface area contributed by atoms with Gasteiger partial charge >= 0.3 is 6.09 Å². The van der Waals surface area contributed by atoms with Crippen LogP contribution >= 0.6 is 22.7 Å². The third kappa shape index (κ3) is 6.49. The summed E-state index contributed by atoms with van der Waals surface area (Å²) in [5.74, 6) is -0.539. The first-order valence-electron chi connectivity index (χ1n) is 10.8. The number of aromatic nitrogens is 2. The molecular weight excluding hydrogens is 502 g/mol. The maximum Gasteiger partial charge on any atom is 0.405 e. The first kappa shape index (κ1) is 24.9. The van der Waals surface area contributed by atoms with Crippen LogP contribution in [0.15, 0.2) is 71.7 Å². The molecule has 184 valence electrons. The number of hydrogen-bond donors (Lipinski definition) is 2. The van der Waals surface area contributed by atoms with Gasteiger partial charge in [0.15, 0.2) is 6.10 Å². The van der Waals surface area contributed by atoms with E-state index in [0.29, 0.717) is 12.1 Å². The van der Waals surface area contributed by atoms with Gasteiger partial charge in [-0.2, -0.15) is 0 Å². The van der Waals surface area contributed by atoms with Gasteiger partial charge in [-0.1, -0.05) is 18.2 Å². The van der Waals surface area contributed by atoms with E-state index in [-0.39, 0.29) is 12.1 Å². The van der Waals surface area contributed by atoms with Crippen molar-refractivity contribution in [1.29, 1.82) is 0 Å². The van der Waals surface area contributed by atoms with E-state index in [4.69, 9.17) is 15.5 Å². The number of benzene rings is 1. The Kier molecular flexibility index (Phi) is 7.98. The largest absolute Gasteiger partial charge is 0.436 e. The molecule has 0 spiro atoms. The molecule has 3 N–H and O–H groups in total. The van der Waals surface area contributed by atoms with E-state index in [1.54, 1.807) is 48.0 Å². The number of carbonyl (C=O) groups excluding carboxylic acids is 2. The van der Waals surface area contributed by atoms with Crippen LogP contribution in [-0.2, 0) is 22.4 Å². The highest BCUT2D eigenvalue weighted by atomic mass is 32.1. The predicted octanol–water partition coefficient (Wildman–Crippen LogP) is 4.28. The molecule has 4 rings (SSSR count). The number of thiophene rings is 1. The van der Waals surface area contributed by atoms with Crippen molar-refractivity contribution in [1.82, 2.24) is 15.3 Å². The van der Waals surface area contributed by atoms with Crippen LogP contribution in [0.2, 0.25) is 0 Å².